The highest BCUT2D eigenvalue weighted by molar-refractivity contribution is 6.34. The Labute approximate surface area is 251 Å². The van der Waals surface area contributed by atoms with Crippen LogP contribution >= 0.6 is 0 Å². The van der Waals surface area contributed by atoms with Crippen molar-refractivity contribution in [3.05, 3.63) is 131 Å². The lowest BCUT2D eigenvalue weighted by Gasteiger charge is -2.42. The van der Waals surface area contributed by atoms with E-state index in [2.05, 4.69) is 23.9 Å². The first-order valence-electron chi connectivity index (χ1n) is 14.6. The van der Waals surface area contributed by atoms with Gasteiger partial charge in [0.15, 0.2) is 6.29 Å². The molecular weight excluding hydrogens is 542 g/mol. The average molecular weight is 578 g/mol. The summed E-state index contributed by atoms with van der Waals surface area (Å²) in [6.07, 6.45) is 1.48. The third-order valence-corrected chi connectivity index (χ3v) is 8.29. The lowest BCUT2D eigenvalue weighted by molar-refractivity contribution is -0.275. The van der Waals surface area contributed by atoms with E-state index in [1.165, 1.54) is 4.90 Å². The highest BCUT2D eigenvalue weighted by Crippen LogP contribution is 2.42. The zero-order chi connectivity index (χ0) is 29.9. The van der Waals surface area contributed by atoms with E-state index in [9.17, 15) is 14.7 Å². The van der Waals surface area contributed by atoms with Crippen molar-refractivity contribution in [2.45, 2.75) is 38.4 Å². The van der Waals surface area contributed by atoms with Crippen LogP contribution in [0.25, 0.3) is 0 Å². The summed E-state index contributed by atoms with van der Waals surface area (Å²) < 4.78 is 13.2. The summed E-state index contributed by atoms with van der Waals surface area (Å²) in [5.74, 6) is -0.662. The fourth-order valence-corrected chi connectivity index (χ4v) is 5.81. The number of carbonyl (C=O) groups is 2. The summed E-state index contributed by atoms with van der Waals surface area (Å²) in [7, 11) is 2.08. The van der Waals surface area contributed by atoms with E-state index in [-0.39, 0.29) is 36.5 Å². The summed E-state index contributed by atoms with van der Waals surface area (Å²) in [6, 6.07) is 27.9. The SMILES string of the molecule is CC1C(CN(C)CCc2ccccn2)OC(c2cccc(N3C(=O)c4ccccc4C3=O)c2)OC1c1ccc(CO)cc1. The number of carbonyl (C=O) groups excluding carboxylic acids is 2. The van der Waals surface area contributed by atoms with Gasteiger partial charge in [0.05, 0.1) is 35.6 Å². The highest BCUT2D eigenvalue weighted by atomic mass is 16.7. The van der Waals surface area contributed by atoms with Gasteiger partial charge in [-0.25, -0.2) is 4.90 Å². The molecule has 4 atom stereocenters. The van der Waals surface area contributed by atoms with E-state index in [1.807, 2.05) is 60.8 Å². The van der Waals surface area contributed by atoms with Gasteiger partial charge in [-0.1, -0.05) is 61.5 Å². The number of benzene rings is 3. The second-order valence-electron chi connectivity index (χ2n) is 11.2. The second kappa shape index (κ2) is 12.6. The molecule has 1 aromatic heterocycles. The maximum absolute atomic E-state index is 13.2. The van der Waals surface area contributed by atoms with Crippen molar-refractivity contribution in [2.24, 2.45) is 5.92 Å². The average Bonchev–Trinajstić information content (AvgIpc) is 3.31. The number of anilines is 1. The van der Waals surface area contributed by atoms with Gasteiger partial charge in [0, 0.05) is 42.9 Å². The van der Waals surface area contributed by atoms with Crippen LogP contribution in [0.3, 0.4) is 0 Å². The molecule has 4 unspecified atom stereocenters. The van der Waals surface area contributed by atoms with Gasteiger partial charge in [0.2, 0.25) is 0 Å². The number of hydrogen-bond donors (Lipinski definition) is 1. The van der Waals surface area contributed by atoms with E-state index in [4.69, 9.17) is 9.47 Å². The van der Waals surface area contributed by atoms with Crippen molar-refractivity contribution in [3.8, 4) is 0 Å². The summed E-state index contributed by atoms with van der Waals surface area (Å²) in [6.45, 7) is 3.60. The summed E-state index contributed by atoms with van der Waals surface area (Å²) in [5.41, 5.74) is 4.87. The number of likely N-dealkylation sites (N-methyl/N-ethyl adjacent to an activating group) is 1. The van der Waals surface area contributed by atoms with Gasteiger partial charge in [-0.2, -0.15) is 0 Å². The predicted molar refractivity (Wildman–Crippen MR) is 162 cm³/mol. The van der Waals surface area contributed by atoms with Gasteiger partial charge in [-0.15, -0.1) is 0 Å². The predicted octanol–water partition coefficient (Wildman–Crippen LogP) is 5.34. The number of pyridine rings is 1. The molecule has 2 amide bonds. The number of imide groups is 1. The lowest BCUT2D eigenvalue weighted by atomic mass is 9.90. The molecule has 8 nitrogen and oxygen atoms in total. The molecule has 4 aromatic rings. The van der Waals surface area contributed by atoms with Gasteiger partial charge >= 0.3 is 0 Å². The van der Waals surface area contributed by atoms with Crippen LogP contribution in [-0.4, -0.2) is 53.0 Å². The van der Waals surface area contributed by atoms with E-state index in [0.29, 0.717) is 23.4 Å². The molecule has 3 heterocycles. The Hall–Kier alpha value is -4.21. The fraction of sp³-hybridized carbons (Fsp3) is 0.286. The Kier molecular flexibility index (Phi) is 8.44. The van der Waals surface area contributed by atoms with Crippen molar-refractivity contribution in [2.75, 3.05) is 25.0 Å². The molecule has 1 N–H and O–H groups in total. The minimum atomic E-state index is -0.719. The smallest absolute Gasteiger partial charge is 0.266 e. The Morgan fingerprint density at radius 1 is 0.860 bits per heavy atom. The van der Waals surface area contributed by atoms with Crippen LogP contribution in [0.4, 0.5) is 5.69 Å². The molecular formula is C35H35N3O5. The molecule has 8 heteroatoms. The van der Waals surface area contributed by atoms with Gasteiger partial charge in [-0.05, 0) is 54.6 Å². The molecule has 0 aliphatic carbocycles. The van der Waals surface area contributed by atoms with E-state index >= 15 is 0 Å². The number of nitrogens with zero attached hydrogens (tertiary/aromatic N) is 3. The standard InChI is InChI=1S/C35H35N3O5/c1-23-31(21-37(2)19-17-27-9-5-6-18-36-27)42-35(43-32(23)25-15-13-24(22-39)14-16-25)26-8-7-10-28(20-26)38-33(40)29-11-3-4-12-30(29)34(38)41/h3-16,18,20,23,31-32,35,39H,17,19,21-22H2,1-2H3. The number of aliphatic hydroxyl groups excluding tert-OH is 1. The van der Waals surface area contributed by atoms with E-state index < -0.39 is 6.29 Å². The van der Waals surface area contributed by atoms with Crippen molar-refractivity contribution in [3.63, 3.8) is 0 Å². The normalized spacial score (nSPS) is 21.8. The quantitative estimate of drug-likeness (QED) is 0.269. The Bertz CT molecular complexity index is 1560. The lowest BCUT2D eigenvalue weighted by Crippen LogP contribution is -2.44. The van der Waals surface area contributed by atoms with Gasteiger partial charge in [0.25, 0.3) is 11.8 Å². The molecule has 1 fully saturated rings. The topological polar surface area (TPSA) is 92.2 Å². The van der Waals surface area contributed by atoms with Crippen molar-refractivity contribution < 1.29 is 24.2 Å². The molecule has 0 spiro atoms. The largest absolute Gasteiger partial charge is 0.392 e. The molecule has 6 rings (SSSR count). The van der Waals surface area contributed by atoms with Crippen LogP contribution in [0.15, 0.2) is 97.2 Å². The van der Waals surface area contributed by atoms with Crippen molar-refractivity contribution in [1.82, 2.24) is 9.88 Å². The Morgan fingerprint density at radius 3 is 2.26 bits per heavy atom. The van der Waals surface area contributed by atoms with Gasteiger partial charge < -0.3 is 19.5 Å². The maximum atomic E-state index is 13.2. The first-order valence-corrected chi connectivity index (χ1v) is 14.6. The number of hydrogen-bond acceptors (Lipinski definition) is 7. The molecule has 43 heavy (non-hydrogen) atoms. The third kappa shape index (κ3) is 6.00. The molecule has 220 valence electrons. The number of aromatic nitrogens is 1. The molecule has 1 saturated heterocycles. The van der Waals surface area contributed by atoms with Crippen LogP contribution in [0.2, 0.25) is 0 Å². The van der Waals surface area contributed by atoms with Crippen LogP contribution in [0.1, 0.15) is 62.4 Å². The minimum Gasteiger partial charge on any atom is -0.392 e. The molecule has 2 aliphatic heterocycles. The highest BCUT2D eigenvalue weighted by Gasteiger charge is 2.40. The minimum absolute atomic E-state index is 0.0212. The number of amides is 2. The molecule has 3 aromatic carbocycles. The fourth-order valence-electron chi connectivity index (χ4n) is 5.81. The molecule has 0 saturated carbocycles. The third-order valence-electron chi connectivity index (χ3n) is 8.29. The van der Waals surface area contributed by atoms with E-state index in [0.717, 1.165) is 35.3 Å². The molecule has 2 aliphatic rings. The maximum Gasteiger partial charge on any atom is 0.266 e. The monoisotopic (exact) mass is 577 g/mol. The summed E-state index contributed by atoms with van der Waals surface area (Å²) >= 11 is 0. The first-order chi connectivity index (χ1) is 20.9. The van der Waals surface area contributed by atoms with Crippen LogP contribution in [0.5, 0.6) is 0 Å². The molecule has 0 radical (unpaired) electrons. The zero-order valence-electron chi connectivity index (χ0n) is 24.3. The van der Waals surface area contributed by atoms with Crippen molar-refractivity contribution >= 4 is 17.5 Å². The van der Waals surface area contributed by atoms with Crippen LogP contribution in [-0.2, 0) is 22.5 Å². The van der Waals surface area contributed by atoms with E-state index in [1.54, 1.807) is 36.4 Å². The van der Waals surface area contributed by atoms with Crippen molar-refractivity contribution in [1.29, 1.82) is 0 Å². The number of aliphatic hydroxyl groups is 1. The summed E-state index contributed by atoms with van der Waals surface area (Å²) in [5, 5.41) is 9.55. The number of ether oxygens (including phenoxy) is 2. The van der Waals surface area contributed by atoms with Crippen LogP contribution < -0.4 is 4.90 Å². The Balaban J connectivity index is 1.26. The Morgan fingerprint density at radius 2 is 1.58 bits per heavy atom. The first kappa shape index (κ1) is 28.9. The zero-order valence-corrected chi connectivity index (χ0v) is 24.3. The van der Waals surface area contributed by atoms with Crippen LogP contribution in [0, 0.1) is 5.92 Å². The number of fused-ring (bicyclic) bond motifs is 1. The summed E-state index contributed by atoms with van der Waals surface area (Å²) in [4.78, 5) is 34.3. The molecule has 0 bridgehead atoms. The second-order valence-corrected chi connectivity index (χ2v) is 11.2. The van der Waals surface area contributed by atoms with Gasteiger partial charge in [0.1, 0.15) is 0 Å². The number of rotatable bonds is 9. The van der Waals surface area contributed by atoms with Gasteiger partial charge in [-0.3, -0.25) is 14.6 Å².